The monoisotopic (exact) mass is 334 g/mol. The molecule has 1 aromatic carbocycles. The minimum Gasteiger partial charge on any atom is -0.444 e. The molecule has 0 unspecified atom stereocenters. The van der Waals surface area contributed by atoms with Gasteiger partial charge in [-0.25, -0.2) is 0 Å². The first-order valence-corrected chi connectivity index (χ1v) is 7.20. The second-order valence-electron chi connectivity index (χ2n) is 5.52. The van der Waals surface area contributed by atoms with Crippen molar-refractivity contribution in [2.24, 2.45) is 0 Å². The molecule has 0 spiro atoms. The van der Waals surface area contributed by atoms with E-state index in [0.717, 1.165) is 11.4 Å². The summed E-state index contributed by atoms with van der Waals surface area (Å²) in [6.07, 6.45) is 0. The Morgan fingerprint density at radius 3 is 2.75 bits per heavy atom. The van der Waals surface area contributed by atoms with Crippen LogP contribution in [0, 0.1) is 0 Å². The molecule has 0 aliphatic carbocycles. The number of halogens is 1. The van der Waals surface area contributed by atoms with Crippen LogP contribution in [0.5, 0.6) is 0 Å². The van der Waals surface area contributed by atoms with Crippen LogP contribution in [0.2, 0.25) is 0 Å². The lowest BCUT2D eigenvalue weighted by molar-refractivity contribution is 0.0953. The Balaban J connectivity index is 2.02. The van der Waals surface area contributed by atoms with Crippen molar-refractivity contribution in [3.63, 3.8) is 0 Å². The number of rotatable bonds is 1. The van der Waals surface area contributed by atoms with Gasteiger partial charge in [0.25, 0.3) is 5.91 Å². The van der Waals surface area contributed by atoms with Crippen molar-refractivity contribution in [3.05, 3.63) is 46.8 Å². The first-order chi connectivity index (χ1) is 9.46. The fourth-order valence-corrected chi connectivity index (χ4v) is 2.75. The van der Waals surface area contributed by atoms with Gasteiger partial charge in [0, 0.05) is 12.1 Å². The van der Waals surface area contributed by atoms with E-state index in [2.05, 4.69) is 35.1 Å². The van der Waals surface area contributed by atoms with E-state index in [1.165, 1.54) is 0 Å². The van der Waals surface area contributed by atoms with Crippen molar-refractivity contribution < 1.29 is 9.21 Å². The van der Waals surface area contributed by atoms with Gasteiger partial charge in [-0.2, -0.15) is 0 Å². The van der Waals surface area contributed by atoms with E-state index in [1.54, 1.807) is 17.0 Å². The fourth-order valence-electron chi connectivity index (χ4n) is 2.44. The van der Waals surface area contributed by atoms with E-state index < -0.39 is 0 Å². The van der Waals surface area contributed by atoms with E-state index in [0.29, 0.717) is 17.0 Å². The summed E-state index contributed by atoms with van der Waals surface area (Å²) in [5.74, 6) is 0.210. The summed E-state index contributed by atoms with van der Waals surface area (Å²) in [6, 6.07) is 11.2. The van der Waals surface area contributed by atoms with Crippen LogP contribution >= 0.6 is 15.9 Å². The first-order valence-electron chi connectivity index (χ1n) is 6.41. The Kier molecular flexibility index (Phi) is 3.09. The molecule has 0 radical (unpaired) electrons. The number of nitrogens with zero attached hydrogens (tertiary/aromatic N) is 1. The highest BCUT2D eigenvalue weighted by Crippen LogP contribution is 2.35. The molecule has 1 amide bonds. The van der Waals surface area contributed by atoms with Crippen LogP contribution in [0.4, 0.5) is 11.4 Å². The zero-order valence-corrected chi connectivity index (χ0v) is 12.9. The zero-order chi connectivity index (χ0) is 14.3. The predicted molar refractivity (Wildman–Crippen MR) is 82.2 cm³/mol. The average Bonchev–Trinajstić information content (AvgIpc) is 2.82. The highest BCUT2D eigenvalue weighted by Gasteiger charge is 2.34. The lowest BCUT2D eigenvalue weighted by Crippen LogP contribution is -2.50. The maximum absolute atomic E-state index is 12.6. The third-order valence-electron chi connectivity index (χ3n) is 3.25. The summed E-state index contributed by atoms with van der Waals surface area (Å²) in [4.78, 5) is 14.4. The second-order valence-corrected chi connectivity index (χ2v) is 6.30. The molecule has 0 saturated carbocycles. The van der Waals surface area contributed by atoms with Gasteiger partial charge in [-0.15, -0.1) is 0 Å². The Hall–Kier alpha value is -1.75. The molecule has 20 heavy (non-hydrogen) atoms. The molecule has 2 aromatic rings. The van der Waals surface area contributed by atoms with Gasteiger partial charge in [0.2, 0.25) is 0 Å². The largest absolute Gasteiger partial charge is 0.444 e. The van der Waals surface area contributed by atoms with Crippen LogP contribution in [0.3, 0.4) is 0 Å². The molecule has 104 valence electrons. The number of hydrogen-bond donors (Lipinski definition) is 1. The predicted octanol–water partition coefficient (Wildman–Crippen LogP) is 3.89. The zero-order valence-electron chi connectivity index (χ0n) is 11.3. The van der Waals surface area contributed by atoms with E-state index in [1.807, 2.05) is 24.3 Å². The average molecular weight is 335 g/mol. The molecule has 0 bridgehead atoms. The SMILES string of the molecule is CC1(C)CN(C(=O)c2ccc(Br)o2)c2ccccc2N1. The molecular formula is C15H15BrN2O2. The maximum Gasteiger partial charge on any atom is 0.294 e. The molecule has 3 rings (SSSR count). The molecule has 1 aliphatic heterocycles. The normalized spacial score (nSPS) is 16.4. The number of fused-ring (bicyclic) bond motifs is 1. The molecule has 0 atom stereocenters. The molecule has 0 fully saturated rings. The summed E-state index contributed by atoms with van der Waals surface area (Å²) < 4.78 is 5.95. The molecule has 0 saturated heterocycles. The van der Waals surface area contributed by atoms with Gasteiger partial charge in [0.15, 0.2) is 10.4 Å². The number of anilines is 2. The van der Waals surface area contributed by atoms with Crippen molar-refractivity contribution in [1.82, 2.24) is 0 Å². The number of furan rings is 1. The minimum absolute atomic E-state index is 0.127. The van der Waals surface area contributed by atoms with Gasteiger partial charge in [-0.1, -0.05) is 12.1 Å². The van der Waals surface area contributed by atoms with Crippen LogP contribution in [0.1, 0.15) is 24.4 Å². The molecule has 1 aromatic heterocycles. The van der Waals surface area contributed by atoms with Crippen molar-refractivity contribution in [1.29, 1.82) is 0 Å². The quantitative estimate of drug-likeness (QED) is 0.860. The van der Waals surface area contributed by atoms with Crippen LogP contribution in [0.25, 0.3) is 0 Å². The number of carbonyl (C=O) groups excluding carboxylic acids is 1. The summed E-state index contributed by atoms with van der Waals surface area (Å²) >= 11 is 3.23. The van der Waals surface area contributed by atoms with E-state index in [9.17, 15) is 4.79 Å². The van der Waals surface area contributed by atoms with E-state index >= 15 is 0 Å². The number of nitrogens with one attached hydrogen (secondary N) is 1. The molecule has 1 N–H and O–H groups in total. The smallest absolute Gasteiger partial charge is 0.294 e. The van der Waals surface area contributed by atoms with Gasteiger partial charge in [0.05, 0.1) is 11.4 Å². The summed E-state index contributed by atoms with van der Waals surface area (Å²) in [5, 5.41) is 3.44. The fraction of sp³-hybridized carbons (Fsp3) is 0.267. The van der Waals surface area contributed by atoms with Crippen LogP contribution in [0.15, 0.2) is 45.5 Å². The number of hydrogen-bond acceptors (Lipinski definition) is 3. The molecule has 4 nitrogen and oxygen atoms in total. The summed E-state index contributed by atoms with van der Waals surface area (Å²) in [5.41, 5.74) is 1.65. The Labute approximate surface area is 125 Å². The van der Waals surface area contributed by atoms with Crippen molar-refractivity contribution >= 4 is 33.2 Å². The molecule has 1 aliphatic rings. The van der Waals surface area contributed by atoms with Crippen molar-refractivity contribution in [3.8, 4) is 0 Å². The minimum atomic E-state index is -0.187. The van der Waals surface area contributed by atoms with Gasteiger partial charge in [0.1, 0.15) is 0 Å². The molecular weight excluding hydrogens is 320 g/mol. The Morgan fingerprint density at radius 2 is 2.05 bits per heavy atom. The highest BCUT2D eigenvalue weighted by atomic mass is 79.9. The first kappa shape index (κ1) is 13.2. The number of amides is 1. The Bertz CT molecular complexity index is 663. The van der Waals surface area contributed by atoms with Gasteiger partial charge < -0.3 is 14.6 Å². The van der Waals surface area contributed by atoms with Crippen LogP contribution in [-0.4, -0.2) is 18.0 Å². The topological polar surface area (TPSA) is 45.5 Å². The van der Waals surface area contributed by atoms with Gasteiger partial charge >= 0.3 is 0 Å². The number of carbonyl (C=O) groups is 1. The number of benzene rings is 1. The lowest BCUT2D eigenvalue weighted by atomic mass is 9.99. The Morgan fingerprint density at radius 1 is 1.30 bits per heavy atom. The van der Waals surface area contributed by atoms with Crippen LogP contribution in [-0.2, 0) is 0 Å². The summed E-state index contributed by atoms with van der Waals surface area (Å²) in [6.45, 7) is 4.73. The van der Waals surface area contributed by atoms with Gasteiger partial charge in [-0.05, 0) is 54.0 Å². The third kappa shape index (κ3) is 2.33. The van der Waals surface area contributed by atoms with Gasteiger partial charge in [-0.3, -0.25) is 4.79 Å². The molecule has 5 heteroatoms. The lowest BCUT2D eigenvalue weighted by Gasteiger charge is -2.40. The molecule has 2 heterocycles. The van der Waals surface area contributed by atoms with Crippen LogP contribution < -0.4 is 10.2 Å². The number of para-hydroxylation sites is 2. The highest BCUT2D eigenvalue weighted by molar-refractivity contribution is 9.10. The maximum atomic E-state index is 12.6. The standard InChI is InChI=1S/C15H15BrN2O2/c1-15(2)9-18(11-6-4-3-5-10(11)17-15)14(19)12-7-8-13(16)20-12/h3-8,17H,9H2,1-2H3. The van der Waals surface area contributed by atoms with E-state index in [-0.39, 0.29) is 11.4 Å². The second kappa shape index (κ2) is 4.66. The van der Waals surface area contributed by atoms with Crippen molar-refractivity contribution in [2.45, 2.75) is 19.4 Å². The third-order valence-corrected chi connectivity index (χ3v) is 3.68. The van der Waals surface area contributed by atoms with Crippen molar-refractivity contribution in [2.75, 3.05) is 16.8 Å². The van der Waals surface area contributed by atoms with E-state index in [4.69, 9.17) is 4.42 Å². The summed E-state index contributed by atoms with van der Waals surface area (Å²) in [7, 11) is 0.